The van der Waals surface area contributed by atoms with Gasteiger partial charge in [-0.25, -0.2) is 0 Å². The number of aliphatic hydroxyl groups is 3. The molecule has 0 aromatic carbocycles. The summed E-state index contributed by atoms with van der Waals surface area (Å²) in [5.74, 6) is -0.288. The maximum Gasteiger partial charge on any atom is 0.222 e. The lowest BCUT2D eigenvalue weighted by atomic mass is 10.0. The number of unbranched alkanes of at least 4 members (excludes halogenated alkanes) is 25. The third-order valence-corrected chi connectivity index (χ3v) is 9.33. The van der Waals surface area contributed by atoms with Gasteiger partial charge in [0.05, 0.1) is 31.3 Å². The monoisotopic (exact) mass is 638 g/mol. The fraction of sp³-hybridized carbons (Fsp3) is 0.925. The number of carbonyl (C=O) groups is 1. The smallest absolute Gasteiger partial charge is 0.222 e. The second-order valence-corrected chi connectivity index (χ2v) is 13.9. The highest BCUT2D eigenvalue weighted by Gasteiger charge is 2.21. The lowest BCUT2D eigenvalue weighted by Crippen LogP contribution is -2.46. The number of nitrogens with one attached hydrogen (secondary N) is 1. The molecule has 0 saturated carbocycles. The lowest BCUT2D eigenvalue weighted by Gasteiger charge is -2.23. The van der Waals surface area contributed by atoms with Gasteiger partial charge < -0.3 is 20.6 Å². The van der Waals surface area contributed by atoms with Crippen LogP contribution in [0, 0.1) is 0 Å². The summed E-state index contributed by atoms with van der Waals surface area (Å²) < 4.78 is 0. The summed E-state index contributed by atoms with van der Waals surface area (Å²) in [5, 5.41) is 33.2. The molecule has 0 fully saturated rings. The molecule has 0 aromatic rings. The molecule has 268 valence electrons. The fourth-order valence-electron chi connectivity index (χ4n) is 6.22. The van der Waals surface area contributed by atoms with Crippen molar-refractivity contribution in [3.63, 3.8) is 0 Å². The highest BCUT2D eigenvalue weighted by molar-refractivity contribution is 5.76. The van der Waals surface area contributed by atoms with Gasteiger partial charge in [0.25, 0.3) is 0 Å². The molecule has 0 spiro atoms. The van der Waals surface area contributed by atoms with Crippen LogP contribution in [0.3, 0.4) is 0 Å². The van der Waals surface area contributed by atoms with Crippen LogP contribution < -0.4 is 5.32 Å². The second-order valence-electron chi connectivity index (χ2n) is 13.9. The largest absolute Gasteiger partial charge is 0.394 e. The summed E-state index contributed by atoms with van der Waals surface area (Å²) in [5.41, 5.74) is 0. The Bertz CT molecular complexity index is 625. The van der Waals surface area contributed by atoms with E-state index in [0.29, 0.717) is 12.8 Å². The Kier molecular flexibility index (Phi) is 35.2. The van der Waals surface area contributed by atoms with E-state index in [1.807, 2.05) is 0 Å². The number of hydrogen-bond donors (Lipinski definition) is 4. The molecule has 1 amide bonds. The zero-order valence-corrected chi connectivity index (χ0v) is 30.3. The lowest BCUT2D eigenvalue weighted by molar-refractivity contribution is -0.125. The van der Waals surface area contributed by atoms with Crippen LogP contribution in [-0.2, 0) is 4.79 Å². The van der Waals surface area contributed by atoms with Crippen molar-refractivity contribution in [1.82, 2.24) is 5.32 Å². The fourth-order valence-corrected chi connectivity index (χ4v) is 6.22. The van der Waals surface area contributed by atoms with E-state index in [4.69, 9.17) is 0 Å². The number of carbonyl (C=O) groups excluding carboxylic acids is 1. The molecule has 0 aromatic heterocycles. The van der Waals surface area contributed by atoms with Crippen molar-refractivity contribution in [2.75, 3.05) is 6.61 Å². The first-order valence-corrected chi connectivity index (χ1v) is 20.0. The average molecular weight is 638 g/mol. The standard InChI is InChI=1S/C40H79NO4/c1-3-5-7-9-11-13-15-17-18-19-20-21-22-23-25-27-29-31-33-37(43)35-40(45)41-38(36-42)39(44)34-32-30-28-26-24-16-14-12-10-8-6-4-2/h20-21,37-39,42-44H,3-19,22-36H2,1-2H3,(H,41,45)/b21-20-. The SMILES string of the molecule is CCCCCCCCCCC/C=C\CCCCCCCC(O)CC(=O)NC(CO)C(O)CCCCCCCCCCCCCC. The quantitative estimate of drug-likeness (QED) is 0.0406. The van der Waals surface area contributed by atoms with E-state index in [-0.39, 0.29) is 18.9 Å². The van der Waals surface area contributed by atoms with E-state index in [2.05, 4.69) is 31.3 Å². The highest BCUT2D eigenvalue weighted by atomic mass is 16.3. The maximum atomic E-state index is 12.4. The van der Waals surface area contributed by atoms with Gasteiger partial charge in [0.2, 0.25) is 5.91 Å². The molecule has 0 bridgehead atoms. The molecular formula is C40H79NO4. The molecular weight excluding hydrogens is 558 g/mol. The van der Waals surface area contributed by atoms with E-state index in [1.165, 1.54) is 148 Å². The molecule has 3 atom stereocenters. The summed E-state index contributed by atoms with van der Waals surface area (Å²) in [6, 6.07) is -0.656. The summed E-state index contributed by atoms with van der Waals surface area (Å²) in [7, 11) is 0. The Morgan fingerprint density at radius 2 is 0.889 bits per heavy atom. The van der Waals surface area contributed by atoms with Crippen molar-refractivity contribution in [1.29, 1.82) is 0 Å². The number of hydrogen-bond acceptors (Lipinski definition) is 4. The van der Waals surface area contributed by atoms with E-state index < -0.39 is 18.2 Å². The molecule has 4 N–H and O–H groups in total. The van der Waals surface area contributed by atoms with Gasteiger partial charge in [0.1, 0.15) is 0 Å². The molecule has 0 saturated heterocycles. The van der Waals surface area contributed by atoms with E-state index >= 15 is 0 Å². The summed E-state index contributed by atoms with van der Waals surface area (Å²) in [4.78, 5) is 12.4. The molecule has 0 aliphatic heterocycles. The Hall–Kier alpha value is -0.910. The molecule has 0 aliphatic carbocycles. The van der Waals surface area contributed by atoms with Gasteiger partial charge in [-0.1, -0.05) is 180 Å². The molecule has 0 heterocycles. The second kappa shape index (κ2) is 35.9. The van der Waals surface area contributed by atoms with Crippen LogP contribution in [0.15, 0.2) is 12.2 Å². The minimum atomic E-state index is -0.746. The maximum absolute atomic E-state index is 12.4. The number of allylic oxidation sites excluding steroid dienone is 2. The van der Waals surface area contributed by atoms with Crippen molar-refractivity contribution in [3.05, 3.63) is 12.2 Å². The predicted molar refractivity (Wildman–Crippen MR) is 195 cm³/mol. The normalized spacial score (nSPS) is 13.8. The highest BCUT2D eigenvalue weighted by Crippen LogP contribution is 2.15. The Morgan fingerprint density at radius 3 is 1.29 bits per heavy atom. The van der Waals surface area contributed by atoms with Crippen molar-refractivity contribution in [2.45, 2.75) is 231 Å². The molecule has 0 aliphatic rings. The third-order valence-electron chi connectivity index (χ3n) is 9.33. The van der Waals surface area contributed by atoms with Gasteiger partial charge in [-0.2, -0.15) is 0 Å². The Balaban J connectivity index is 3.64. The third kappa shape index (κ3) is 32.8. The molecule has 5 nitrogen and oxygen atoms in total. The van der Waals surface area contributed by atoms with Crippen LogP contribution >= 0.6 is 0 Å². The average Bonchev–Trinajstić information content (AvgIpc) is 3.03. The van der Waals surface area contributed by atoms with Crippen molar-refractivity contribution in [2.24, 2.45) is 0 Å². The van der Waals surface area contributed by atoms with Gasteiger partial charge in [-0.3, -0.25) is 4.79 Å². The zero-order chi connectivity index (χ0) is 33.1. The molecule has 45 heavy (non-hydrogen) atoms. The van der Waals surface area contributed by atoms with Crippen LogP contribution in [0.25, 0.3) is 0 Å². The Labute approximate surface area is 280 Å². The van der Waals surface area contributed by atoms with E-state index in [0.717, 1.165) is 32.1 Å². The molecule has 0 radical (unpaired) electrons. The van der Waals surface area contributed by atoms with Crippen LogP contribution in [0.4, 0.5) is 0 Å². The minimum Gasteiger partial charge on any atom is -0.394 e. The van der Waals surface area contributed by atoms with Gasteiger partial charge in [-0.05, 0) is 38.5 Å². The van der Waals surface area contributed by atoms with E-state index in [9.17, 15) is 20.1 Å². The zero-order valence-electron chi connectivity index (χ0n) is 30.3. The molecule has 3 unspecified atom stereocenters. The van der Waals surface area contributed by atoms with Gasteiger partial charge in [0.15, 0.2) is 0 Å². The van der Waals surface area contributed by atoms with E-state index in [1.54, 1.807) is 0 Å². The van der Waals surface area contributed by atoms with Crippen LogP contribution in [-0.4, -0.2) is 46.1 Å². The first-order chi connectivity index (χ1) is 22.0. The van der Waals surface area contributed by atoms with Crippen LogP contribution in [0.2, 0.25) is 0 Å². The Morgan fingerprint density at radius 1 is 0.533 bits per heavy atom. The number of amides is 1. The number of rotatable bonds is 36. The molecule has 5 heteroatoms. The van der Waals surface area contributed by atoms with Crippen LogP contribution in [0.5, 0.6) is 0 Å². The summed E-state index contributed by atoms with van der Waals surface area (Å²) in [6.45, 7) is 4.25. The van der Waals surface area contributed by atoms with Crippen molar-refractivity contribution < 1.29 is 20.1 Å². The topological polar surface area (TPSA) is 89.8 Å². The van der Waals surface area contributed by atoms with Crippen LogP contribution in [0.1, 0.15) is 213 Å². The minimum absolute atomic E-state index is 0.0333. The first kappa shape index (κ1) is 44.1. The summed E-state index contributed by atoms with van der Waals surface area (Å²) in [6.07, 6.45) is 40.2. The van der Waals surface area contributed by atoms with Gasteiger partial charge in [-0.15, -0.1) is 0 Å². The molecule has 0 rings (SSSR count). The first-order valence-electron chi connectivity index (χ1n) is 20.0. The predicted octanol–water partition coefficient (Wildman–Crippen LogP) is 10.9. The number of aliphatic hydroxyl groups excluding tert-OH is 3. The van der Waals surface area contributed by atoms with Gasteiger partial charge >= 0.3 is 0 Å². The summed E-state index contributed by atoms with van der Waals surface area (Å²) >= 11 is 0. The van der Waals surface area contributed by atoms with Gasteiger partial charge in [0, 0.05) is 0 Å². The van der Waals surface area contributed by atoms with Crippen molar-refractivity contribution in [3.8, 4) is 0 Å². The van der Waals surface area contributed by atoms with Crippen molar-refractivity contribution >= 4 is 5.91 Å².